The summed E-state index contributed by atoms with van der Waals surface area (Å²) in [6.45, 7) is 1.84. The molecule has 5 nitrogen and oxygen atoms in total. The van der Waals surface area contributed by atoms with Crippen molar-refractivity contribution in [3.8, 4) is 0 Å². The van der Waals surface area contributed by atoms with E-state index in [0.29, 0.717) is 6.42 Å². The van der Waals surface area contributed by atoms with Crippen LogP contribution in [0.25, 0.3) is 0 Å². The van der Waals surface area contributed by atoms with Crippen molar-refractivity contribution in [1.29, 1.82) is 0 Å². The topological polar surface area (TPSA) is 92.4 Å². The van der Waals surface area contributed by atoms with Crippen molar-refractivity contribution < 1.29 is 14.7 Å². The molecule has 0 saturated heterocycles. The van der Waals surface area contributed by atoms with Gasteiger partial charge >= 0.3 is 5.97 Å². The summed E-state index contributed by atoms with van der Waals surface area (Å²) < 4.78 is 0. The van der Waals surface area contributed by atoms with Crippen LogP contribution in [0, 0.1) is 0 Å². The zero-order valence-electron chi connectivity index (χ0n) is 11.0. The molecule has 1 aromatic rings. The molecule has 0 saturated carbocycles. The van der Waals surface area contributed by atoms with Crippen molar-refractivity contribution in [2.45, 2.75) is 38.3 Å². The van der Waals surface area contributed by atoms with Gasteiger partial charge in [0.05, 0.1) is 6.42 Å². The molecule has 0 aliphatic heterocycles. The van der Waals surface area contributed by atoms with Gasteiger partial charge < -0.3 is 16.2 Å². The zero-order valence-corrected chi connectivity index (χ0v) is 11.0. The first kappa shape index (κ1) is 15.2. The van der Waals surface area contributed by atoms with Gasteiger partial charge in [0.25, 0.3) is 0 Å². The number of carbonyl (C=O) groups excluding carboxylic acids is 1. The number of amides is 1. The molecule has 0 bridgehead atoms. The van der Waals surface area contributed by atoms with Gasteiger partial charge in [0.15, 0.2) is 0 Å². The van der Waals surface area contributed by atoms with Gasteiger partial charge in [-0.05, 0) is 12.0 Å². The number of benzene rings is 1. The summed E-state index contributed by atoms with van der Waals surface area (Å²) >= 11 is 0. The van der Waals surface area contributed by atoms with Gasteiger partial charge in [0.1, 0.15) is 0 Å². The smallest absolute Gasteiger partial charge is 0.305 e. The third-order valence-electron chi connectivity index (χ3n) is 2.91. The molecule has 0 aromatic heterocycles. The molecule has 0 heterocycles. The lowest BCUT2D eigenvalue weighted by atomic mass is 10.0. The van der Waals surface area contributed by atoms with Crippen LogP contribution >= 0.6 is 0 Å². The fraction of sp³-hybridized carbons (Fsp3) is 0.429. The maximum absolute atomic E-state index is 11.8. The summed E-state index contributed by atoms with van der Waals surface area (Å²) in [6, 6.07) is 8.64. The zero-order chi connectivity index (χ0) is 14.3. The summed E-state index contributed by atoms with van der Waals surface area (Å²) in [4.78, 5) is 22.4. The van der Waals surface area contributed by atoms with Crippen molar-refractivity contribution in [2.24, 2.45) is 5.73 Å². The molecule has 0 spiro atoms. The molecule has 2 atom stereocenters. The molecule has 0 radical (unpaired) electrons. The fourth-order valence-corrected chi connectivity index (χ4v) is 1.81. The molecule has 104 valence electrons. The monoisotopic (exact) mass is 264 g/mol. The molecule has 1 aromatic carbocycles. The number of aliphatic carboxylic acids is 1. The van der Waals surface area contributed by atoms with E-state index in [4.69, 9.17) is 10.8 Å². The van der Waals surface area contributed by atoms with Crippen molar-refractivity contribution in [1.82, 2.24) is 5.32 Å². The Labute approximate surface area is 112 Å². The summed E-state index contributed by atoms with van der Waals surface area (Å²) in [6.07, 6.45) is 0.668. The normalized spacial score (nSPS) is 13.6. The lowest BCUT2D eigenvalue weighted by molar-refractivity contribution is -0.137. The van der Waals surface area contributed by atoms with Crippen molar-refractivity contribution in [3.05, 3.63) is 35.9 Å². The average molecular weight is 264 g/mol. The van der Waals surface area contributed by atoms with E-state index in [-0.39, 0.29) is 30.8 Å². The van der Waals surface area contributed by atoms with Crippen LogP contribution in [-0.2, 0) is 9.59 Å². The number of nitrogens with two attached hydrogens (primary N) is 1. The van der Waals surface area contributed by atoms with Gasteiger partial charge in [-0.1, -0.05) is 37.3 Å². The number of rotatable bonds is 7. The molecule has 2 unspecified atom stereocenters. The second kappa shape index (κ2) is 7.53. The van der Waals surface area contributed by atoms with Crippen LogP contribution in [0.4, 0.5) is 0 Å². The van der Waals surface area contributed by atoms with E-state index in [1.165, 1.54) is 0 Å². The van der Waals surface area contributed by atoms with E-state index >= 15 is 0 Å². The minimum atomic E-state index is -0.917. The molecule has 1 amide bonds. The van der Waals surface area contributed by atoms with Gasteiger partial charge in [0.2, 0.25) is 5.91 Å². The van der Waals surface area contributed by atoms with Gasteiger partial charge in [-0.3, -0.25) is 9.59 Å². The van der Waals surface area contributed by atoms with Crippen LogP contribution < -0.4 is 11.1 Å². The maximum Gasteiger partial charge on any atom is 0.305 e. The number of carbonyl (C=O) groups is 2. The highest BCUT2D eigenvalue weighted by Gasteiger charge is 2.16. The minimum absolute atomic E-state index is 0.0667. The Kier molecular flexibility index (Phi) is 6.02. The Morgan fingerprint density at radius 3 is 2.42 bits per heavy atom. The van der Waals surface area contributed by atoms with Crippen molar-refractivity contribution in [3.63, 3.8) is 0 Å². The SMILES string of the molecule is CCC(CC(=O)O)NC(=O)CC(N)c1ccccc1. The Morgan fingerprint density at radius 2 is 1.89 bits per heavy atom. The van der Waals surface area contributed by atoms with E-state index < -0.39 is 5.97 Å². The van der Waals surface area contributed by atoms with E-state index in [1.807, 2.05) is 37.3 Å². The minimum Gasteiger partial charge on any atom is -0.481 e. The average Bonchev–Trinajstić information content (AvgIpc) is 2.38. The third kappa shape index (κ3) is 5.52. The van der Waals surface area contributed by atoms with Gasteiger partial charge in [0, 0.05) is 18.5 Å². The first-order valence-electron chi connectivity index (χ1n) is 6.34. The fourth-order valence-electron chi connectivity index (χ4n) is 1.81. The molecule has 5 heteroatoms. The van der Waals surface area contributed by atoms with Crippen LogP contribution in [0.3, 0.4) is 0 Å². The highest BCUT2D eigenvalue weighted by Crippen LogP contribution is 2.13. The van der Waals surface area contributed by atoms with Crippen molar-refractivity contribution >= 4 is 11.9 Å². The molecular weight excluding hydrogens is 244 g/mol. The lowest BCUT2D eigenvalue weighted by Crippen LogP contribution is -2.37. The highest BCUT2D eigenvalue weighted by atomic mass is 16.4. The third-order valence-corrected chi connectivity index (χ3v) is 2.91. The Morgan fingerprint density at radius 1 is 1.26 bits per heavy atom. The van der Waals surface area contributed by atoms with Crippen LogP contribution in [-0.4, -0.2) is 23.0 Å². The number of hydrogen-bond donors (Lipinski definition) is 3. The predicted octanol–water partition coefficient (Wildman–Crippen LogP) is 1.45. The van der Waals surface area contributed by atoms with Crippen LogP contribution in [0.5, 0.6) is 0 Å². The first-order valence-corrected chi connectivity index (χ1v) is 6.34. The summed E-state index contributed by atoms with van der Waals surface area (Å²) in [5, 5.41) is 11.4. The number of hydrogen-bond acceptors (Lipinski definition) is 3. The van der Waals surface area contributed by atoms with E-state index in [9.17, 15) is 9.59 Å². The summed E-state index contributed by atoms with van der Waals surface area (Å²) in [7, 11) is 0. The maximum atomic E-state index is 11.8. The second-order valence-corrected chi connectivity index (χ2v) is 4.49. The van der Waals surface area contributed by atoms with Gasteiger partial charge in [-0.15, -0.1) is 0 Å². The van der Waals surface area contributed by atoms with Gasteiger partial charge in [-0.2, -0.15) is 0 Å². The Hall–Kier alpha value is -1.88. The quantitative estimate of drug-likeness (QED) is 0.695. The van der Waals surface area contributed by atoms with Gasteiger partial charge in [-0.25, -0.2) is 0 Å². The largest absolute Gasteiger partial charge is 0.481 e. The van der Waals surface area contributed by atoms with Crippen LogP contribution in [0.15, 0.2) is 30.3 Å². The van der Waals surface area contributed by atoms with E-state index in [2.05, 4.69) is 5.32 Å². The van der Waals surface area contributed by atoms with Crippen LogP contribution in [0.2, 0.25) is 0 Å². The van der Waals surface area contributed by atoms with E-state index in [0.717, 1.165) is 5.56 Å². The van der Waals surface area contributed by atoms with Crippen molar-refractivity contribution in [2.75, 3.05) is 0 Å². The Bertz CT molecular complexity index is 420. The molecule has 0 fully saturated rings. The summed E-state index contributed by atoms with van der Waals surface area (Å²) in [5.41, 5.74) is 6.83. The molecular formula is C14H20N2O3. The first-order chi connectivity index (χ1) is 9.02. The number of carboxylic acid groups (broad SMARTS) is 1. The highest BCUT2D eigenvalue weighted by molar-refractivity contribution is 5.78. The lowest BCUT2D eigenvalue weighted by Gasteiger charge is -2.17. The molecule has 19 heavy (non-hydrogen) atoms. The number of carboxylic acids is 1. The molecule has 1 rings (SSSR count). The molecule has 4 N–H and O–H groups in total. The molecule has 0 aliphatic carbocycles. The van der Waals surface area contributed by atoms with E-state index in [1.54, 1.807) is 0 Å². The Balaban J connectivity index is 2.48. The standard InChI is InChI=1S/C14H20N2O3/c1-2-11(8-14(18)19)16-13(17)9-12(15)10-6-4-3-5-7-10/h3-7,11-12H,2,8-9,15H2,1H3,(H,16,17)(H,18,19). The molecule has 0 aliphatic rings. The second-order valence-electron chi connectivity index (χ2n) is 4.49. The summed E-state index contributed by atoms with van der Waals surface area (Å²) in [5.74, 6) is -1.14. The number of nitrogens with one attached hydrogen (secondary N) is 1. The van der Waals surface area contributed by atoms with Crippen LogP contribution in [0.1, 0.15) is 37.8 Å². The predicted molar refractivity (Wildman–Crippen MR) is 72.5 cm³/mol.